The highest BCUT2D eigenvalue weighted by Crippen LogP contribution is 2.62. The second kappa shape index (κ2) is 14.7. The van der Waals surface area contributed by atoms with Crippen LogP contribution in [0.25, 0.3) is 0 Å². The normalized spacial score (nSPS) is 23.7. The van der Waals surface area contributed by atoms with Crippen LogP contribution in [0, 0.1) is 24.2 Å². The number of Topliss-reactive ketones (excluding diaryl/α,β-unsaturated/α-hetero) is 1. The van der Waals surface area contributed by atoms with Crippen LogP contribution in [0.5, 0.6) is 5.75 Å². The van der Waals surface area contributed by atoms with E-state index in [0.29, 0.717) is 30.6 Å². The minimum Gasteiger partial charge on any atom is -0.434 e. The Bertz CT molecular complexity index is 1060. The molecule has 2 bridgehead atoms. The molecule has 1 saturated carbocycles. The van der Waals surface area contributed by atoms with Crippen LogP contribution >= 0.6 is 0 Å². The van der Waals surface area contributed by atoms with Crippen LogP contribution in [-0.2, 0) is 21.4 Å². The van der Waals surface area contributed by atoms with Crippen molar-refractivity contribution < 1.29 is 19.1 Å². The molecule has 2 fully saturated rings. The van der Waals surface area contributed by atoms with Crippen molar-refractivity contribution in [1.29, 1.82) is 0 Å². The number of benzene rings is 1. The van der Waals surface area contributed by atoms with Gasteiger partial charge in [-0.25, -0.2) is 4.79 Å². The highest BCUT2D eigenvalue weighted by molar-refractivity contribution is 5.83. The topological polar surface area (TPSA) is 55.8 Å². The predicted octanol–water partition coefficient (Wildman–Crippen LogP) is 9.35. The molecule has 4 rings (SSSR count). The van der Waals surface area contributed by atoms with Crippen LogP contribution < -0.4 is 4.74 Å². The number of ketones is 1. The fourth-order valence-electron chi connectivity index (χ4n) is 8.62. The molecule has 3 aliphatic rings. The molecule has 0 N–H and O–H groups in total. The Morgan fingerprint density at radius 3 is 2.31 bits per heavy atom. The molecule has 0 aromatic heterocycles. The highest BCUT2D eigenvalue weighted by atomic mass is 16.7. The summed E-state index contributed by atoms with van der Waals surface area (Å²) in [7, 11) is 0. The maximum atomic E-state index is 13.8. The number of ether oxygens (including phenoxy) is 2. The Labute approximate surface area is 256 Å². The van der Waals surface area contributed by atoms with E-state index >= 15 is 0 Å². The molecule has 1 aromatic rings. The van der Waals surface area contributed by atoms with E-state index in [0.717, 1.165) is 56.6 Å². The van der Waals surface area contributed by atoms with Gasteiger partial charge in [-0.05, 0) is 86.1 Å². The van der Waals surface area contributed by atoms with Crippen LogP contribution in [-0.4, -0.2) is 42.6 Å². The van der Waals surface area contributed by atoms with Crippen LogP contribution in [0.1, 0.15) is 141 Å². The number of likely N-dealkylation sites (tertiary alicyclic amines) is 1. The Morgan fingerprint density at radius 2 is 1.67 bits per heavy atom. The molecule has 42 heavy (non-hydrogen) atoms. The lowest BCUT2D eigenvalue weighted by Gasteiger charge is -2.65. The van der Waals surface area contributed by atoms with Gasteiger partial charge in [0.25, 0.3) is 0 Å². The van der Waals surface area contributed by atoms with Gasteiger partial charge in [-0.2, -0.15) is 0 Å². The van der Waals surface area contributed by atoms with Crippen LogP contribution in [0.15, 0.2) is 12.1 Å². The Balaban J connectivity index is 1.54. The molecule has 5 heteroatoms. The summed E-state index contributed by atoms with van der Waals surface area (Å²) in [5, 5.41) is 0. The van der Waals surface area contributed by atoms with E-state index in [2.05, 4.69) is 45.6 Å². The summed E-state index contributed by atoms with van der Waals surface area (Å²) in [4.78, 5) is 29.3. The molecule has 1 saturated heterocycles. The maximum absolute atomic E-state index is 13.8. The molecular formula is C37H59NO4. The van der Waals surface area contributed by atoms with E-state index in [1.54, 1.807) is 0 Å². The molecule has 0 radical (unpaired) electrons. The Kier molecular flexibility index (Phi) is 11.6. The van der Waals surface area contributed by atoms with Gasteiger partial charge in [0.2, 0.25) is 0 Å². The highest BCUT2D eigenvalue weighted by Gasteiger charge is 2.63. The molecule has 1 heterocycles. The molecule has 0 spiro atoms. The van der Waals surface area contributed by atoms with E-state index in [-0.39, 0.29) is 16.7 Å². The van der Waals surface area contributed by atoms with E-state index in [1.165, 1.54) is 69.0 Å². The predicted molar refractivity (Wildman–Crippen MR) is 171 cm³/mol. The fourth-order valence-corrected chi connectivity index (χ4v) is 8.62. The quantitative estimate of drug-likeness (QED) is 0.104. The molecule has 236 valence electrons. The minimum absolute atomic E-state index is 0.0324. The van der Waals surface area contributed by atoms with Gasteiger partial charge in [0.1, 0.15) is 11.5 Å². The summed E-state index contributed by atoms with van der Waals surface area (Å²) in [6.45, 7) is 16.0. The lowest BCUT2D eigenvalue weighted by molar-refractivity contribution is -0.135. The van der Waals surface area contributed by atoms with Crippen molar-refractivity contribution in [2.75, 3.05) is 19.7 Å². The smallest absolute Gasteiger partial charge is 0.434 e. The van der Waals surface area contributed by atoms with Gasteiger partial charge < -0.3 is 9.47 Å². The number of carbonyl (C=O) groups excluding carboxylic acids is 2. The summed E-state index contributed by atoms with van der Waals surface area (Å²) in [6, 6.07) is 4.56. The van der Waals surface area contributed by atoms with Gasteiger partial charge >= 0.3 is 6.16 Å². The van der Waals surface area contributed by atoms with Crippen molar-refractivity contribution in [3.63, 3.8) is 0 Å². The van der Waals surface area contributed by atoms with Gasteiger partial charge in [0.15, 0.2) is 0 Å². The van der Waals surface area contributed by atoms with Crippen molar-refractivity contribution in [3.05, 3.63) is 28.8 Å². The van der Waals surface area contributed by atoms with Crippen LogP contribution in [0.2, 0.25) is 0 Å². The molecule has 0 amide bonds. The van der Waals surface area contributed by atoms with E-state index in [4.69, 9.17) is 9.47 Å². The lowest BCUT2D eigenvalue weighted by Crippen LogP contribution is -2.68. The van der Waals surface area contributed by atoms with Crippen LogP contribution in [0.3, 0.4) is 0 Å². The summed E-state index contributed by atoms with van der Waals surface area (Å²) in [6.07, 6.45) is 16.1. The monoisotopic (exact) mass is 581 g/mol. The number of nitrogens with zero attached hydrogens (tertiary/aromatic N) is 1. The number of hydrogen-bond acceptors (Lipinski definition) is 5. The van der Waals surface area contributed by atoms with E-state index in [1.807, 2.05) is 13.0 Å². The molecule has 1 aromatic carbocycles. The van der Waals surface area contributed by atoms with Crippen molar-refractivity contribution >= 4 is 11.9 Å². The number of fused-ring (bicyclic) bond motifs is 4. The van der Waals surface area contributed by atoms with Crippen molar-refractivity contribution in [2.45, 2.75) is 149 Å². The van der Waals surface area contributed by atoms with Crippen molar-refractivity contribution in [2.24, 2.45) is 17.3 Å². The van der Waals surface area contributed by atoms with Gasteiger partial charge in [-0.3, -0.25) is 9.69 Å². The maximum Gasteiger partial charge on any atom is 0.513 e. The average Bonchev–Trinajstić information content (AvgIpc) is 3.78. The number of carbonyl (C=O) groups is 2. The third-order valence-corrected chi connectivity index (χ3v) is 11.1. The number of unbranched alkanes of at least 4 members (excludes halogenated alkanes) is 7. The molecule has 2 aliphatic carbocycles. The van der Waals surface area contributed by atoms with Gasteiger partial charge in [-0.15, -0.1) is 0 Å². The third kappa shape index (κ3) is 6.92. The zero-order chi connectivity index (χ0) is 30.3. The largest absolute Gasteiger partial charge is 0.513 e. The van der Waals surface area contributed by atoms with Gasteiger partial charge in [0, 0.05) is 30.3 Å². The SMILES string of the molecule is CCCCCCCCCCOC(=O)Oc1ccc2c(c1C)C1(C(CCC)C(=O)CC)CCN(CC3CC3)C(C2)C1(C)C. The summed E-state index contributed by atoms with van der Waals surface area (Å²) in [5.74, 6) is 1.77. The Morgan fingerprint density at radius 1 is 0.976 bits per heavy atom. The van der Waals surface area contributed by atoms with Gasteiger partial charge in [0.05, 0.1) is 6.61 Å². The summed E-state index contributed by atoms with van der Waals surface area (Å²) in [5.41, 5.74) is 3.27. The fraction of sp³-hybridized carbons (Fsp3) is 0.784. The van der Waals surface area contributed by atoms with Crippen LogP contribution in [0.4, 0.5) is 4.79 Å². The standard InChI is InChI=1S/C37H59NO4/c1-7-10-11-12-13-14-15-16-24-41-35(40)42-32-21-20-29-25-33-36(5,6)37(34(29)27(32)4,30(17-8-2)31(39)9-3)22-23-38(33)26-28-18-19-28/h20-21,28,30,33H,7-19,22-26H2,1-6H3. The van der Waals surface area contributed by atoms with E-state index in [9.17, 15) is 9.59 Å². The van der Waals surface area contributed by atoms with E-state index < -0.39 is 6.16 Å². The average molecular weight is 582 g/mol. The molecule has 1 aliphatic heterocycles. The third-order valence-electron chi connectivity index (χ3n) is 11.1. The Hall–Kier alpha value is -1.88. The first kappa shape index (κ1) is 33.0. The first-order valence-electron chi connectivity index (χ1n) is 17.4. The first-order valence-corrected chi connectivity index (χ1v) is 17.4. The second-order valence-corrected chi connectivity index (χ2v) is 14.2. The number of hydrogen-bond donors (Lipinski definition) is 0. The zero-order valence-corrected chi connectivity index (χ0v) is 27.7. The van der Waals surface area contributed by atoms with Crippen molar-refractivity contribution in [3.8, 4) is 5.75 Å². The molecule has 3 unspecified atom stereocenters. The molecule has 3 atom stereocenters. The molecular weight excluding hydrogens is 522 g/mol. The number of piperidine rings is 1. The van der Waals surface area contributed by atoms with Gasteiger partial charge in [-0.1, -0.05) is 92.1 Å². The summed E-state index contributed by atoms with van der Waals surface area (Å²) < 4.78 is 11.4. The lowest BCUT2D eigenvalue weighted by atomic mass is 9.44. The summed E-state index contributed by atoms with van der Waals surface area (Å²) >= 11 is 0. The number of rotatable bonds is 17. The minimum atomic E-state index is -0.614. The van der Waals surface area contributed by atoms with Crippen molar-refractivity contribution in [1.82, 2.24) is 4.90 Å². The second-order valence-electron chi connectivity index (χ2n) is 14.2. The first-order chi connectivity index (χ1) is 20.2. The zero-order valence-electron chi connectivity index (χ0n) is 27.7. The molecule has 5 nitrogen and oxygen atoms in total.